The van der Waals surface area contributed by atoms with Gasteiger partial charge in [-0.3, -0.25) is 0 Å². The Morgan fingerprint density at radius 3 is 1.30 bits per heavy atom. The van der Waals surface area contributed by atoms with Crippen LogP contribution in [-0.2, 0) is 9.47 Å². The summed E-state index contributed by atoms with van der Waals surface area (Å²) < 4.78 is 10.4. The zero-order valence-electron chi connectivity index (χ0n) is 27.4. The van der Waals surface area contributed by atoms with Gasteiger partial charge in [0.05, 0.1) is 13.2 Å². The third-order valence-corrected chi connectivity index (χ3v) is 7.71. The molecule has 0 aliphatic carbocycles. The average Bonchev–Trinajstić information content (AvgIpc) is 2.94. The van der Waals surface area contributed by atoms with E-state index in [1.807, 2.05) is 0 Å². The van der Waals surface area contributed by atoms with Crippen LogP contribution in [0, 0.1) is 5.92 Å². The van der Waals surface area contributed by atoms with Crippen LogP contribution in [0.25, 0.3) is 0 Å². The van der Waals surface area contributed by atoms with E-state index >= 15 is 0 Å². The standard InChI is InChI=1S/C37H70O3/c1-4-5-6-7-8-9-10-11-12-13-16-19-22-25-28-31-34-39-37(38)40-35-32-29-26-23-20-17-14-15-18-21-24-27-30-33-36(2)3/h8-9,11-12,36H,4-7,10,13-35H2,1-3H3. The van der Waals surface area contributed by atoms with Gasteiger partial charge in [0.2, 0.25) is 0 Å². The van der Waals surface area contributed by atoms with Crippen LogP contribution in [-0.4, -0.2) is 19.4 Å². The first-order valence-electron chi connectivity index (χ1n) is 17.8. The van der Waals surface area contributed by atoms with Crippen molar-refractivity contribution in [2.45, 2.75) is 188 Å². The summed E-state index contributed by atoms with van der Waals surface area (Å²) in [4.78, 5) is 11.7. The van der Waals surface area contributed by atoms with E-state index in [1.54, 1.807) is 0 Å². The van der Waals surface area contributed by atoms with Gasteiger partial charge in [-0.25, -0.2) is 4.79 Å². The molecule has 236 valence electrons. The van der Waals surface area contributed by atoms with Crippen molar-refractivity contribution >= 4 is 6.16 Å². The fourth-order valence-electron chi connectivity index (χ4n) is 5.04. The van der Waals surface area contributed by atoms with E-state index in [2.05, 4.69) is 45.1 Å². The quantitative estimate of drug-likeness (QED) is 0.0479. The highest BCUT2D eigenvalue weighted by Gasteiger charge is 2.03. The monoisotopic (exact) mass is 563 g/mol. The normalized spacial score (nSPS) is 11.8. The Balaban J connectivity index is 3.22. The average molecular weight is 563 g/mol. The van der Waals surface area contributed by atoms with E-state index in [1.165, 1.54) is 135 Å². The van der Waals surface area contributed by atoms with E-state index in [0.29, 0.717) is 13.2 Å². The minimum Gasteiger partial charge on any atom is -0.434 e. The van der Waals surface area contributed by atoms with Crippen LogP contribution in [0.4, 0.5) is 4.79 Å². The van der Waals surface area contributed by atoms with Crippen molar-refractivity contribution in [3.8, 4) is 0 Å². The Morgan fingerprint density at radius 1 is 0.500 bits per heavy atom. The van der Waals surface area contributed by atoms with Crippen molar-refractivity contribution in [1.82, 2.24) is 0 Å². The smallest absolute Gasteiger partial charge is 0.434 e. The second kappa shape index (κ2) is 34.0. The van der Waals surface area contributed by atoms with Gasteiger partial charge >= 0.3 is 6.16 Å². The van der Waals surface area contributed by atoms with Gasteiger partial charge in [0, 0.05) is 0 Å². The van der Waals surface area contributed by atoms with E-state index in [9.17, 15) is 4.79 Å². The summed E-state index contributed by atoms with van der Waals surface area (Å²) in [5.74, 6) is 0.866. The third-order valence-electron chi connectivity index (χ3n) is 7.71. The molecule has 0 N–H and O–H groups in total. The molecule has 0 aromatic rings. The Morgan fingerprint density at radius 2 is 0.875 bits per heavy atom. The van der Waals surface area contributed by atoms with E-state index in [4.69, 9.17) is 9.47 Å². The summed E-state index contributed by atoms with van der Waals surface area (Å²) in [5.41, 5.74) is 0. The minimum atomic E-state index is -0.484. The van der Waals surface area contributed by atoms with Gasteiger partial charge in [0.1, 0.15) is 0 Å². The molecule has 0 heterocycles. The molecule has 0 aliphatic rings. The van der Waals surface area contributed by atoms with Crippen molar-refractivity contribution in [3.05, 3.63) is 24.3 Å². The zero-order chi connectivity index (χ0) is 29.2. The summed E-state index contributed by atoms with van der Waals surface area (Å²) in [7, 11) is 0. The van der Waals surface area contributed by atoms with Gasteiger partial charge in [0.15, 0.2) is 0 Å². The number of ether oxygens (including phenoxy) is 2. The lowest BCUT2D eigenvalue weighted by Gasteiger charge is -2.07. The van der Waals surface area contributed by atoms with Crippen molar-refractivity contribution in [2.75, 3.05) is 13.2 Å². The molecule has 0 bridgehead atoms. The fourth-order valence-corrected chi connectivity index (χ4v) is 5.04. The van der Waals surface area contributed by atoms with Crippen molar-refractivity contribution < 1.29 is 14.3 Å². The molecule has 0 spiro atoms. The van der Waals surface area contributed by atoms with Crippen LogP contribution in [0.15, 0.2) is 24.3 Å². The Labute approximate surface area is 251 Å². The van der Waals surface area contributed by atoms with Crippen LogP contribution in [0.1, 0.15) is 188 Å². The molecule has 3 heteroatoms. The summed E-state index contributed by atoms with van der Waals surface area (Å²) >= 11 is 0. The number of carbonyl (C=O) groups is 1. The number of rotatable bonds is 31. The molecule has 0 aliphatic heterocycles. The molecule has 0 radical (unpaired) electrons. The number of hydrogen-bond acceptors (Lipinski definition) is 3. The second-order valence-corrected chi connectivity index (χ2v) is 12.3. The lowest BCUT2D eigenvalue weighted by atomic mass is 10.0. The number of hydrogen-bond donors (Lipinski definition) is 0. The maximum atomic E-state index is 11.7. The molecule has 0 saturated heterocycles. The molecule has 0 amide bonds. The van der Waals surface area contributed by atoms with Crippen LogP contribution in [0.2, 0.25) is 0 Å². The van der Waals surface area contributed by atoms with Crippen LogP contribution < -0.4 is 0 Å². The number of allylic oxidation sites excluding steroid dienone is 4. The summed E-state index contributed by atoms with van der Waals surface area (Å²) in [5, 5.41) is 0. The summed E-state index contributed by atoms with van der Waals surface area (Å²) in [6.45, 7) is 7.89. The molecule has 0 fully saturated rings. The van der Waals surface area contributed by atoms with Gasteiger partial charge < -0.3 is 9.47 Å². The van der Waals surface area contributed by atoms with Crippen molar-refractivity contribution in [1.29, 1.82) is 0 Å². The SMILES string of the molecule is CCCCCC=CCC=CCCCCCCCCOC(=O)OCCCCCCCCCCCCCCCC(C)C. The Kier molecular flexibility index (Phi) is 32.9. The van der Waals surface area contributed by atoms with Gasteiger partial charge in [-0.2, -0.15) is 0 Å². The predicted octanol–water partition coefficient (Wildman–Crippen LogP) is 13.1. The van der Waals surface area contributed by atoms with E-state index in [-0.39, 0.29) is 0 Å². The highest BCUT2D eigenvalue weighted by Crippen LogP contribution is 2.14. The molecule has 3 nitrogen and oxygen atoms in total. The number of carbonyl (C=O) groups excluding carboxylic acids is 1. The maximum Gasteiger partial charge on any atom is 0.508 e. The van der Waals surface area contributed by atoms with Gasteiger partial charge in [-0.1, -0.05) is 167 Å². The molecule has 40 heavy (non-hydrogen) atoms. The number of unbranched alkanes of at least 4 members (excludes halogenated alkanes) is 21. The summed E-state index contributed by atoms with van der Waals surface area (Å²) in [6, 6.07) is 0. The largest absolute Gasteiger partial charge is 0.508 e. The van der Waals surface area contributed by atoms with Gasteiger partial charge in [-0.05, 0) is 50.9 Å². The highest BCUT2D eigenvalue weighted by molar-refractivity contribution is 5.59. The zero-order valence-corrected chi connectivity index (χ0v) is 27.4. The first-order valence-corrected chi connectivity index (χ1v) is 17.8. The molecular weight excluding hydrogens is 492 g/mol. The molecular formula is C37H70O3. The predicted molar refractivity (Wildman–Crippen MR) is 176 cm³/mol. The molecule has 0 rings (SSSR count). The second-order valence-electron chi connectivity index (χ2n) is 12.3. The van der Waals surface area contributed by atoms with Crippen molar-refractivity contribution in [2.24, 2.45) is 5.92 Å². The third kappa shape index (κ3) is 34.8. The minimum absolute atomic E-state index is 0.484. The molecule has 0 aromatic carbocycles. The first-order chi connectivity index (χ1) is 19.7. The fraction of sp³-hybridized carbons (Fsp3) is 0.865. The molecule has 0 saturated carbocycles. The molecule has 0 atom stereocenters. The first kappa shape index (κ1) is 38.8. The topological polar surface area (TPSA) is 35.5 Å². The van der Waals surface area contributed by atoms with Gasteiger partial charge in [-0.15, -0.1) is 0 Å². The van der Waals surface area contributed by atoms with E-state index < -0.39 is 6.16 Å². The molecule has 0 aromatic heterocycles. The summed E-state index contributed by atoms with van der Waals surface area (Å²) in [6.07, 6.45) is 42.1. The lowest BCUT2D eigenvalue weighted by Crippen LogP contribution is -2.09. The lowest BCUT2D eigenvalue weighted by molar-refractivity contribution is 0.0529. The van der Waals surface area contributed by atoms with Crippen LogP contribution >= 0.6 is 0 Å². The Hall–Kier alpha value is -1.25. The Bertz CT molecular complexity index is 552. The van der Waals surface area contributed by atoms with Crippen LogP contribution in [0.3, 0.4) is 0 Å². The molecule has 0 unspecified atom stereocenters. The van der Waals surface area contributed by atoms with Crippen molar-refractivity contribution in [3.63, 3.8) is 0 Å². The maximum absolute atomic E-state index is 11.7. The van der Waals surface area contributed by atoms with E-state index in [0.717, 1.165) is 38.0 Å². The highest BCUT2D eigenvalue weighted by atomic mass is 16.7. The van der Waals surface area contributed by atoms with Crippen LogP contribution in [0.5, 0.6) is 0 Å². The van der Waals surface area contributed by atoms with Gasteiger partial charge in [0.25, 0.3) is 0 Å².